The van der Waals surface area contributed by atoms with Crippen LogP contribution in [0.15, 0.2) is 72.0 Å². The highest BCUT2D eigenvalue weighted by molar-refractivity contribution is 6.14. The van der Waals surface area contributed by atoms with Crippen LogP contribution in [-0.4, -0.2) is 72.6 Å². The molecule has 0 bridgehead atoms. The Kier molecular flexibility index (Phi) is 8.34. The van der Waals surface area contributed by atoms with Crippen LogP contribution in [0.1, 0.15) is 30.5 Å². The number of ether oxygens (including phenoxy) is 2. The molecule has 2 aliphatic heterocycles. The van der Waals surface area contributed by atoms with Crippen molar-refractivity contribution < 1.29 is 24.2 Å². The third-order valence-corrected chi connectivity index (χ3v) is 6.20. The maximum absolute atomic E-state index is 13.3. The highest BCUT2D eigenvalue weighted by atomic mass is 16.5. The van der Waals surface area contributed by atoms with E-state index < -0.39 is 23.5 Å². The van der Waals surface area contributed by atoms with Gasteiger partial charge in [0, 0.05) is 26.2 Å². The lowest BCUT2D eigenvalue weighted by Crippen LogP contribution is -2.43. The first-order chi connectivity index (χ1) is 17.1. The number of benzene rings is 2. The van der Waals surface area contributed by atoms with Crippen molar-refractivity contribution in [3.05, 3.63) is 83.1 Å². The molecule has 2 heterocycles. The number of hydrogen-bond donors (Lipinski definition) is 1. The Morgan fingerprint density at radius 1 is 1.11 bits per heavy atom. The number of rotatable bonds is 10. The van der Waals surface area contributed by atoms with E-state index in [4.69, 9.17) is 9.47 Å². The molecule has 1 N–H and O–H groups in total. The third-order valence-electron chi connectivity index (χ3n) is 6.20. The molecule has 0 spiro atoms. The number of nitrogens with zero attached hydrogens (tertiary/aromatic N) is 2. The molecule has 4 rings (SSSR count). The fraction of sp³-hybridized carbons (Fsp3) is 0.357. The van der Waals surface area contributed by atoms with Gasteiger partial charge < -0.3 is 19.5 Å². The standard InChI is InChI=1S/C28H32N2O5/c1-2-17-35-23-10-6-9-22(20-23)26-25(24(31)12-11-21-7-4-3-5-8-21)27(32)28(33)30(26)14-13-29-15-18-34-19-16-29/h3-12,20,26,32H,2,13-19H2,1H3/b12-11+. The Morgan fingerprint density at radius 3 is 2.63 bits per heavy atom. The van der Waals surface area contributed by atoms with E-state index in [2.05, 4.69) is 4.90 Å². The Bertz CT molecular complexity index is 1090. The van der Waals surface area contributed by atoms with Gasteiger partial charge in [0.1, 0.15) is 5.75 Å². The lowest BCUT2D eigenvalue weighted by atomic mass is 9.95. The number of hydrogen-bond acceptors (Lipinski definition) is 6. The minimum atomic E-state index is -0.693. The van der Waals surface area contributed by atoms with E-state index in [9.17, 15) is 14.7 Å². The van der Waals surface area contributed by atoms with Crippen molar-refractivity contribution in [1.29, 1.82) is 0 Å². The van der Waals surface area contributed by atoms with E-state index in [0.717, 1.165) is 30.6 Å². The maximum Gasteiger partial charge on any atom is 0.290 e. The van der Waals surface area contributed by atoms with E-state index in [1.54, 1.807) is 11.0 Å². The van der Waals surface area contributed by atoms with Crippen molar-refractivity contribution in [1.82, 2.24) is 9.80 Å². The number of amides is 1. The number of morpholine rings is 1. The number of carbonyl (C=O) groups is 2. The second kappa shape index (κ2) is 11.8. The van der Waals surface area contributed by atoms with Crippen LogP contribution in [0.4, 0.5) is 0 Å². The largest absolute Gasteiger partial charge is 0.503 e. The van der Waals surface area contributed by atoms with Crippen molar-refractivity contribution in [3.63, 3.8) is 0 Å². The maximum atomic E-state index is 13.3. The zero-order chi connectivity index (χ0) is 24.6. The zero-order valence-corrected chi connectivity index (χ0v) is 20.1. The van der Waals surface area contributed by atoms with Crippen molar-refractivity contribution in [2.45, 2.75) is 19.4 Å². The van der Waals surface area contributed by atoms with Gasteiger partial charge in [0.2, 0.25) is 0 Å². The fourth-order valence-corrected chi connectivity index (χ4v) is 4.38. The predicted octanol–water partition coefficient (Wildman–Crippen LogP) is 3.79. The second-order valence-electron chi connectivity index (χ2n) is 8.65. The summed E-state index contributed by atoms with van der Waals surface area (Å²) in [5.74, 6) is -0.736. The summed E-state index contributed by atoms with van der Waals surface area (Å²) >= 11 is 0. The minimum absolute atomic E-state index is 0.0943. The van der Waals surface area contributed by atoms with Crippen LogP contribution in [-0.2, 0) is 14.3 Å². The average Bonchev–Trinajstić information content (AvgIpc) is 3.16. The van der Waals surface area contributed by atoms with Gasteiger partial charge in [-0.05, 0) is 35.8 Å². The zero-order valence-electron chi connectivity index (χ0n) is 20.1. The Labute approximate surface area is 206 Å². The molecule has 2 aromatic carbocycles. The monoisotopic (exact) mass is 476 g/mol. The molecule has 1 amide bonds. The summed E-state index contributed by atoms with van der Waals surface area (Å²) in [6, 6.07) is 16.2. The van der Waals surface area contributed by atoms with E-state index in [0.29, 0.717) is 38.7 Å². The summed E-state index contributed by atoms with van der Waals surface area (Å²) in [5, 5.41) is 10.8. The van der Waals surface area contributed by atoms with Gasteiger partial charge in [-0.1, -0.05) is 55.5 Å². The third kappa shape index (κ3) is 5.99. The molecule has 1 atom stereocenters. The van der Waals surface area contributed by atoms with E-state index in [1.165, 1.54) is 6.08 Å². The van der Waals surface area contributed by atoms with Crippen LogP contribution in [0.3, 0.4) is 0 Å². The summed E-state index contributed by atoms with van der Waals surface area (Å²) in [4.78, 5) is 30.3. The van der Waals surface area contributed by atoms with Crippen LogP contribution in [0, 0.1) is 0 Å². The first-order valence-corrected chi connectivity index (χ1v) is 12.1. The molecule has 35 heavy (non-hydrogen) atoms. The van der Waals surface area contributed by atoms with Gasteiger partial charge in [0.05, 0.1) is 31.4 Å². The van der Waals surface area contributed by atoms with Crippen molar-refractivity contribution in [2.24, 2.45) is 0 Å². The van der Waals surface area contributed by atoms with Gasteiger partial charge in [-0.15, -0.1) is 0 Å². The molecule has 2 aliphatic rings. The molecule has 0 saturated carbocycles. The smallest absolute Gasteiger partial charge is 0.290 e. The molecule has 1 unspecified atom stereocenters. The molecule has 7 nitrogen and oxygen atoms in total. The lowest BCUT2D eigenvalue weighted by molar-refractivity contribution is -0.129. The van der Waals surface area contributed by atoms with Crippen molar-refractivity contribution in [3.8, 4) is 5.75 Å². The van der Waals surface area contributed by atoms with Gasteiger partial charge in [0.15, 0.2) is 11.5 Å². The quantitative estimate of drug-likeness (QED) is 0.526. The molecule has 0 radical (unpaired) electrons. The van der Waals surface area contributed by atoms with Crippen LogP contribution >= 0.6 is 0 Å². The normalized spacial score (nSPS) is 19.1. The number of aliphatic hydroxyl groups is 1. The average molecular weight is 477 g/mol. The number of ketones is 1. The van der Waals surface area contributed by atoms with Crippen LogP contribution in [0.5, 0.6) is 5.75 Å². The molecular formula is C28H32N2O5. The van der Waals surface area contributed by atoms with E-state index >= 15 is 0 Å². The van der Waals surface area contributed by atoms with Gasteiger partial charge in [-0.3, -0.25) is 14.5 Å². The van der Waals surface area contributed by atoms with Crippen molar-refractivity contribution >= 4 is 17.8 Å². The van der Waals surface area contributed by atoms with Crippen LogP contribution < -0.4 is 4.74 Å². The van der Waals surface area contributed by atoms with Gasteiger partial charge in [0.25, 0.3) is 5.91 Å². The Morgan fingerprint density at radius 2 is 1.89 bits per heavy atom. The lowest BCUT2D eigenvalue weighted by Gasteiger charge is -2.31. The Hall–Kier alpha value is -3.42. The summed E-state index contributed by atoms with van der Waals surface area (Å²) in [6.45, 7) is 6.51. The topological polar surface area (TPSA) is 79.3 Å². The summed E-state index contributed by atoms with van der Waals surface area (Å²) in [6.07, 6.45) is 3.98. The number of allylic oxidation sites excluding steroid dienone is 1. The first-order valence-electron chi connectivity index (χ1n) is 12.1. The summed E-state index contributed by atoms with van der Waals surface area (Å²) in [7, 11) is 0. The van der Waals surface area contributed by atoms with Crippen LogP contribution in [0.25, 0.3) is 6.08 Å². The van der Waals surface area contributed by atoms with Gasteiger partial charge in [-0.25, -0.2) is 0 Å². The van der Waals surface area contributed by atoms with E-state index in [-0.39, 0.29) is 5.57 Å². The summed E-state index contributed by atoms with van der Waals surface area (Å²) in [5.41, 5.74) is 1.69. The molecule has 0 aromatic heterocycles. The number of aliphatic hydroxyl groups excluding tert-OH is 1. The molecule has 2 aromatic rings. The van der Waals surface area contributed by atoms with Gasteiger partial charge >= 0.3 is 0 Å². The molecule has 1 saturated heterocycles. The Balaban J connectivity index is 1.63. The molecule has 0 aliphatic carbocycles. The van der Waals surface area contributed by atoms with Gasteiger partial charge in [-0.2, -0.15) is 0 Å². The summed E-state index contributed by atoms with van der Waals surface area (Å²) < 4.78 is 11.2. The molecule has 7 heteroatoms. The highest BCUT2D eigenvalue weighted by Crippen LogP contribution is 2.39. The van der Waals surface area contributed by atoms with E-state index in [1.807, 2.05) is 61.5 Å². The second-order valence-corrected chi connectivity index (χ2v) is 8.65. The molecule has 1 fully saturated rings. The fourth-order valence-electron chi connectivity index (χ4n) is 4.38. The molecule has 184 valence electrons. The number of carbonyl (C=O) groups excluding carboxylic acids is 2. The highest BCUT2D eigenvalue weighted by Gasteiger charge is 2.43. The predicted molar refractivity (Wildman–Crippen MR) is 134 cm³/mol. The minimum Gasteiger partial charge on any atom is -0.503 e. The van der Waals surface area contributed by atoms with Crippen LogP contribution in [0.2, 0.25) is 0 Å². The van der Waals surface area contributed by atoms with Crippen molar-refractivity contribution in [2.75, 3.05) is 46.0 Å². The first kappa shape index (κ1) is 24.7. The molecular weight excluding hydrogens is 444 g/mol. The SMILES string of the molecule is CCCOc1cccc(C2C(C(=O)/C=C/c3ccccc3)=C(O)C(=O)N2CCN2CCOCC2)c1.